The predicted molar refractivity (Wildman–Crippen MR) is 92.0 cm³/mol. The van der Waals surface area contributed by atoms with Gasteiger partial charge in [0.25, 0.3) is 5.91 Å². The lowest BCUT2D eigenvalue weighted by Gasteiger charge is -2.12. The van der Waals surface area contributed by atoms with E-state index in [1.807, 2.05) is 25.1 Å². The van der Waals surface area contributed by atoms with Crippen LogP contribution in [-0.4, -0.2) is 25.1 Å². The van der Waals surface area contributed by atoms with E-state index in [2.05, 4.69) is 34.9 Å². The number of aryl methyl sites for hydroxylation is 1. The molecule has 0 aromatic heterocycles. The fraction of sp³-hybridized carbons (Fsp3) is 0.263. The van der Waals surface area contributed by atoms with Crippen molar-refractivity contribution in [2.24, 2.45) is 0 Å². The van der Waals surface area contributed by atoms with Crippen LogP contribution in [0, 0.1) is 0 Å². The third-order valence-electron chi connectivity index (χ3n) is 4.19. The highest BCUT2D eigenvalue weighted by molar-refractivity contribution is 6.04. The Morgan fingerprint density at radius 2 is 1.79 bits per heavy atom. The molecule has 2 aliphatic carbocycles. The maximum Gasteiger partial charge on any atom is 0.322 e. The number of methoxy groups -OCH3 is 1. The predicted octanol–water partition coefficient (Wildman–Crippen LogP) is 2.68. The Morgan fingerprint density at radius 1 is 1.04 bits per heavy atom. The zero-order chi connectivity index (χ0) is 17.1. The molecule has 124 valence electrons. The Labute approximate surface area is 141 Å². The van der Waals surface area contributed by atoms with E-state index in [1.54, 1.807) is 7.11 Å². The number of hydrogen-bond acceptors (Lipinski definition) is 3. The molecule has 1 saturated heterocycles. The van der Waals surface area contributed by atoms with Gasteiger partial charge in [0.05, 0.1) is 7.11 Å². The number of imide groups is 1. The first-order chi connectivity index (χ1) is 11.6. The minimum atomic E-state index is -0.476. The Kier molecular flexibility index (Phi) is 4.51. The number of carbonyl (C=O) groups excluding carboxylic acids is 2. The van der Waals surface area contributed by atoms with Crippen LogP contribution in [0.3, 0.4) is 0 Å². The van der Waals surface area contributed by atoms with Gasteiger partial charge in [-0.3, -0.25) is 10.1 Å². The van der Waals surface area contributed by atoms with Gasteiger partial charge in [0.15, 0.2) is 0 Å². The number of hydrogen-bond donors (Lipinski definition) is 2. The molecule has 5 heteroatoms. The number of carbonyl (C=O) groups is 2. The maximum absolute atomic E-state index is 11.5. The van der Waals surface area contributed by atoms with Crippen LogP contribution in [-0.2, 0) is 17.6 Å². The third kappa shape index (κ3) is 3.56. The van der Waals surface area contributed by atoms with Crippen molar-refractivity contribution in [3.05, 3.63) is 53.6 Å². The first-order valence-corrected chi connectivity index (χ1v) is 7.98. The Balaban J connectivity index is 0.000000231. The Bertz CT molecular complexity index is 769. The van der Waals surface area contributed by atoms with Crippen molar-refractivity contribution in [1.29, 1.82) is 0 Å². The van der Waals surface area contributed by atoms with Gasteiger partial charge in [0.2, 0.25) is 0 Å². The summed E-state index contributed by atoms with van der Waals surface area (Å²) in [6, 6.07) is 13.4. The molecule has 0 spiro atoms. The van der Waals surface area contributed by atoms with Crippen LogP contribution in [0.15, 0.2) is 42.5 Å². The molecule has 1 aromatic carbocycles. The average Bonchev–Trinajstić information content (AvgIpc) is 3.05. The number of amides is 3. The highest BCUT2D eigenvalue weighted by atomic mass is 16.5. The zero-order valence-corrected chi connectivity index (χ0v) is 13.8. The normalized spacial score (nSPS) is 16.7. The van der Waals surface area contributed by atoms with Crippen LogP contribution in [0.4, 0.5) is 4.79 Å². The number of urea groups is 1. The Hall–Kier alpha value is -2.82. The largest absolute Gasteiger partial charge is 0.497 e. The van der Waals surface area contributed by atoms with Gasteiger partial charge in [-0.1, -0.05) is 31.2 Å². The summed E-state index contributed by atoms with van der Waals surface area (Å²) in [7, 11) is 1.62. The van der Waals surface area contributed by atoms with Gasteiger partial charge in [-0.25, -0.2) is 4.79 Å². The van der Waals surface area contributed by atoms with Crippen LogP contribution >= 0.6 is 0 Å². The molecule has 5 nitrogen and oxygen atoms in total. The molecule has 3 aliphatic rings. The summed E-state index contributed by atoms with van der Waals surface area (Å²) in [5, 5.41) is 4.83. The van der Waals surface area contributed by atoms with Crippen LogP contribution in [0.5, 0.6) is 5.75 Å². The molecule has 1 aromatic rings. The molecular weight excluding hydrogens is 304 g/mol. The van der Waals surface area contributed by atoms with E-state index < -0.39 is 12.1 Å². The van der Waals surface area contributed by atoms with Crippen molar-refractivity contribution in [1.82, 2.24) is 10.6 Å². The summed E-state index contributed by atoms with van der Waals surface area (Å²) in [6.07, 6.45) is 1.36. The number of rotatable bonds is 4. The molecule has 4 rings (SSSR count). The first-order valence-electron chi connectivity index (χ1n) is 7.98. The van der Waals surface area contributed by atoms with Gasteiger partial charge >= 0.3 is 6.03 Å². The fourth-order valence-corrected chi connectivity index (χ4v) is 2.76. The van der Waals surface area contributed by atoms with Gasteiger partial charge in [0.1, 0.15) is 11.8 Å². The fourth-order valence-electron chi connectivity index (χ4n) is 2.76. The summed E-state index contributed by atoms with van der Waals surface area (Å²) in [4.78, 5) is 22.5. The third-order valence-corrected chi connectivity index (χ3v) is 4.19. The van der Waals surface area contributed by atoms with E-state index in [1.165, 1.54) is 11.1 Å². The maximum atomic E-state index is 11.5. The molecule has 1 heterocycles. The molecule has 0 radical (unpaired) electrons. The summed E-state index contributed by atoms with van der Waals surface area (Å²) in [6.45, 7) is 2.05. The monoisotopic (exact) mass is 324 g/mol. The summed E-state index contributed by atoms with van der Waals surface area (Å²) in [5.41, 5.74) is 5.04. The number of fused-ring (bicyclic) bond motifs is 1. The van der Waals surface area contributed by atoms with Gasteiger partial charge in [-0.15, -0.1) is 0 Å². The SMILES string of the molecule is CCc1cc(OC)ccc1CC1NC(=O)NC1=O.c1cc2cc-2c1. The molecule has 24 heavy (non-hydrogen) atoms. The zero-order valence-electron chi connectivity index (χ0n) is 13.8. The van der Waals surface area contributed by atoms with Crippen LogP contribution in [0.1, 0.15) is 18.1 Å². The van der Waals surface area contributed by atoms with Gasteiger partial charge < -0.3 is 10.1 Å². The standard InChI is InChI=1S/C13H16N2O3.C6H4/c1-3-8-6-10(18-2)5-4-9(8)7-11-12(16)15-13(17)14-11;1-2-5-4-6(5)3-1/h4-6,11H,3,7H2,1-2H3,(H2,14,15,16,17);1-4H. The van der Waals surface area contributed by atoms with Crippen LogP contribution < -0.4 is 15.4 Å². The molecule has 0 saturated carbocycles. The number of benzene rings is 2. The second-order valence-corrected chi connectivity index (χ2v) is 5.79. The lowest BCUT2D eigenvalue weighted by Crippen LogP contribution is -2.31. The molecule has 1 atom stereocenters. The van der Waals surface area contributed by atoms with Gasteiger partial charge in [0, 0.05) is 6.42 Å². The second kappa shape index (κ2) is 6.74. The van der Waals surface area contributed by atoms with E-state index >= 15 is 0 Å². The van der Waals surface area contributed by atoms with Gasteiger partial charge in [-0.05, 0) is 46.9 Å². The smallest absolute Gasteiger partial charge is 0.322 e. The molecular formula is C19H20N2O3. The van der Waals surface area contributed by atoms with Crippen molar-refractivity contribution >= 4 is 11.9 Å². The molecule has 0 bridgehead atoms. The first kappa shape index (κ1) is 16.1. The van der Waals surface area contributed by atoms with Crippen molar-refractivity contribution in [3.8, 4) is 16.9 Å². The molecule has 1 unspecified atom stereocenters. The summed E-state index contributed by atoms with van der Waals surface area (Å²) in [5.74, 6) is 0.536. The highest BCUT2D eigenvalue weighted by Crippen LogP contribution is 2.32. The lowest BCUT2D eigenvalue weighted by molar-refractivity contribution is -0.120. The van der Waals surface area contributed by atoms with E-state index in [4.69, 9.17) is 4.74 Å². The second-order valence-electron chi connectivity index (χ2n) is 5.79. The van der Waals surface area contributed by atoms with Crippen molar-refractivity contribution in [3.63, 3.8) is 0 Å². The quantitative estimate of drug-likeness (QED) is 0.725. The van der Waals surface area contributed by atoms with E-state index in [-0.39, 0.29) is 5.91 Å². The molecule has 1 fully saturated rings. The summed E-state index contributed by atoms with van der Waals surface area (Å²) < 4.78 is 5.17. The van der Waals surface area contributed by atoms with Crippen LogP contribution in [0.2, 0.25) is 0 Å². The highest BCUT2D eigenvalue weighted by Gasteiger charge is 2.29. The topological polar surface area (TPSA) is 67.4 Å². The minimum absolute atomic E-state index is 0.266. The van der Waals surface area contributed by atoms with E-state index in [0.717, 1.165) is 23.3 Å². The van der Waals surface area contributed by atoms with E-state index in [0.29, 0.717) is 6.42 Å². The molecule has 2 N–H and O–H groups in total. The number of nitrogens with one attached hydrogen (secondary N) is 2. The lowest BCUT2D eigenvalue weighted by atomic mass is 9.98. The minimum Gasteiger partial charge on any atom is -0.497 e. The Morgan fingerprint density at radius 3 is 2.25 bits per heavy atom. The van der Waals surface area contributed by atoms with Crippen LogP contribution in [0.25, 0.3) is 11.1 Å². The molecule has 1 aliphatic heterocycles. The van der Waals surface area contributed by atoms with Crippen molar-refractivity contribution < 1.29 is 14.3 Å². The van der Waals surface area contributed by atoms with Crippen molar-refractivity contribution in [2.75, 3.05) is 7.11 Å². The van der Waals surface area contributed by atoms with Crippen molar-refractivity contribution in [2.45, 2.75) is 25.8 Å². The number of ether oxygens (including phenoxy) is 1. The average molecular weight is 324 g/mol. The summed E-state index contributed by atoms with van der Waals surface area (Å²) >= 11 is 0. The van der Waals surface area contributed by atoms with Gasteiger partial charge in [-0.2, -0.15) is 0 Å². The van der Waals surface area contributed by atoms with E-state index in [9.17, 15) is 9.59 Å². The molecule has 3 amide bonds.